The molecule has 0 radical (unpaired) electrons. The molecular weight excluding hydrogens is 306 g/mol. The molecule has 0 aliphatic rings. The average molecular weight is 323 g/mol. The number of primary amides is 1. The Morgan fingerprint density at radius 2 is 1.39 bits per heavy atom. The van der Waals surface area contributed by atoms with Crippen LogP contribution in [0, 0.1) is 0 Å². The second kappa shape index (κ2) is 7.73. The van der Waals surface area contributed by atoms with Crippen LogP contribution < -0.4 is 28.1 Å². The molecule has 1 aromatic heterocycles. The molecule has 1 aromatic rings. The van der Waals surface area contributed by atoms with Crippen LogP contribution in [0.2, 0.25) is 0 Å². The third-order valence-corrected chi connectivity index (χ3v) is 2.77. The maximum atomic E-state index is 12.2. The molecule has 1 rings (SSSR count). The van der Waals surface area contributed by atoms with Gasteiger partial charge in [0.1, 0.15) is 6.54 Å². The maximum Gasteiger partial charge on any atom is 0.337 e. The highest BCUT2D eigenvalue weighted by atomic mass is 16.2. The van der Waals surface area contributed by atoms with Gasteiger partial charge in [-0.05, 0) is 0 Å². The van der Waals surface area contributed by atoms with Gasteiger partial charge in [-0.3, -0.25) is 9.59 Å². The van der Waals surface area contributed by atoms with Crippen LogP contribution in [0.5, 0.6) is 0 Å². The van der Waals surface area contributed by atoms with Crippen molar-refractivity contribution in [2.24, 2.45) is 5.73 Å². The molecule has 3 N–H and O–H groups in total. The number of carbonyl (C=O) groups is 2. The highest BCUT2D eigenvalue weighted by Crippen LogP contribution is 1.80. The van der Waals surface area contributed by atoms with E-state index >= 15 is 0 Å². The molecule has 0 fully saturated rings. The Labute approximate surface area is 130 Å². The molecule has 0 bridgehead atoms. The number of rotatable bonds is 8. The fraction of sp³-hybridized carbons (Fsp3) is 0.308. The van der Waals surface area contributed by atoms with Gasteiger partial charge in [-0.1, -0.05) is 12.2 Å². The van der Waals surface area contributed by atoms with Crippen molar-refractivity contribution in [2.45, 2.75) is 19.6 Å². The number of aromatic nitrogens is 3. The van der Waals surface area contributed by atoms with E-state index in [1.54, 1.807) is 0 Å². The molecule has 0 saturated heterocycles. The van der Waals surface area contributed by atoms with Gasteiger partial charge < -0.3 is 11.1 Å². The van der Waals surface area contributed by atoms with Gasteiger partial charge >= 0.3 is 17.1 Å². The number of carbonyl (C=O) groups excluding carboxylic acids is 2. The predicted molar refractivity (Wildman–Crippen MR) is 81.8 cm³/mol. The van der Waals surface area contributed by atoms with E-state index in [2.05, 4.69) is 18.5 Å². The van der Waals surface area contributed by atoms with Crippen LogP contribution in [0.4, 0.5) is 0 Å². The van der Waals surface area contributed by atoms with E-state index in [0.29, 0.717) is 4.57 Å². The minimum atomic E-state index is -0.950. The number of hydrogen-bond acceptors (Lipinski definition) is 5. The lowest BCUT2D eigenvalue weighted by atomic mass is 10.5. The van der Waals surface area contributed by atoms with Gasteiger partial charge in [0, 0.05) is 0 Å². The van der Waals surface area contributed by atoms with Crippen molar-refractivity contribution in [2.75, 3.05) is 6.54 Å². The second-order valence-electron chi connectivity index (χ2n) is 4.48. The molecule has 0 saturated carbocycles. The molecule has 2 amide bonds. The van der Waals surface area contributed by atoms with E-state index in [4.69, 9.17) is 5.73 Å². The monoisotopic (exact) mass is 323 g/mol. The molecule has 10 heteroatoms. The van der Waals surface area contributed by atoms with E-state index in [-0.39, 0.29) is 13.1 Å². The molecule has 1 heterocycles. The van der Waals surface area contributed by atoms with Gasteiger partial charge in [-0.15, -0.1) is 13.2 Å². The molecule has 0 aromatic carbocycles. The highest BCUT2D eigenvalue weighted by Gasteiger charge is 2.16. The first-order valence-electron chi connectivity index (χ1n) is 6.54. The Hall–Kier alpha value is -3.17. The van der Waals surface area contributed by atoms with Gasteiger partial charge in [0.2, 0.25) is 11.8 Å². The van der Waals surface area contributed by atoms with Crippen molar-refractivity contribution in [1.29, 1.82) is 0 Å². The van der Waals surface area contributed by atoms with Crippen molar-refractivity contribution in [3.05, 3.63) is 56.8 Å². The van der Waals surface area contributed by atoms with Gasteiger partial charge in [0.25, 0.3) is 0 Å². The second-order valence-corrected chi connectivity index (χ2v) is 4.48. The lowest BCUT2D eigenvalue weighted by Gasteiger charge is -2.11. The number of nitrogens with two attached hydrogens (primary N) is 1. The average Bonchev–Trinajstić information content (AvgIpc) is 2.50. The molecule has 0 aliphatic heterocycles. The molecule has 10 nitrogen and oxygen atoms in total. The number of amides is 2. The summed E-state index contributed by atoms with van der Waals surface area (Å²) in [5.41, 5.74) is 2.16. The zero-order valence-corrected chi connectivity index (χ0v) is 12.4. The third-order valence-electron chi connectivity index (χ3n) is 2.77. The largest absolute Gasteiger partial charge is 0.368 e. The quantitative estimate of drug-likeness (QED) is 0.496. The Morgan fingerprint density at radius 1 is 0.957 bits per heavy atom. The highest BCUT2D eigenvalue weighted by molar-refractivity contribution is 5.83. The van der Waals surface area contributed by atoms with Crippen molar-refractivity contribution in [3.63, 3.8) is 0 Å². The SMILES string of the molecule is C=CCn1c(=O)n(CC=C)c(=O)n(CC(=O)NCC(N)=O)c1=O. The van der Waals surface area contributed by atoms with Crippen LogP contribution in [0.1, 0.15) is 0 Å². The Balaban J connectivity index is 3.38. The van der Waals surface area contributed by atoms with Crippen molar-refractivity contribution >= 4 is 11.8 Å². The zero-order valence-electron chi connectivity index (χ0n) is 12.4. The molecular formula is C13H17N5O5. The minimum absolute atomic E-state index is 0.127. The van der Waals surface area contributed by atoms with E-state index in [0.717, 1.165) is 9.13 Å². The van der Waals surface area contributed by atoms with Crippen LogP contribution in [0.15, 0.2) is 39.7 Å². The normalized spacial score (nSPS) is 10.1. The molecule has 0 aliphatic carbocycles. The first kappa shape index (κ1) is 17.9. The van der Waals surface area contributed by atoms with E-state index < -0.39 is 42.0 Å². The number of nitrogens with zero attached hydrogens (tertiary/aromatic N) is 3. The summed E-state index contributed by atoms with van der Waals surface area (Å²) in [7, 11) is 0. The summed E-state index contributed by atoms with van der Waals surface area (Å²) < 4.78 is 2.11. The van der Waals surface area contributed by atoms with Crippen molar-refractivity contribution in [1.82, 2.24) is 19.0 Å². The summed E-state index contributed by atoms with van der Waals surface area (Å²) in [6, 6.07) is 0. The lowest BCUT2D eigenvalue weighted by molar-refractivity contribution is -0.125. The molecule has 23 heavy (non-hydrogen) atoms. The lowest BCUT2D eigenvalue weighted by Crippen LogP contribution is -2.55. The number of hydrogen-bond donors (Lipinski definition) is 2. The summed E-state index contributed by atoms with van der Waals surface area (Å²) in [5.74, 6) is -1.54. The molecule has 0 spiro atoms. The third kappa shape index (κ3) is 4.15. The smallest absolute Gasteiger partial charge is 0.337 e. The van der Waals surface area contributed by atoms with E-state index in [1.165, 1.54) is 12.2 Å². The van der Waals surface area contributed by atoms with Gasteiger partial charge in [-0.25, -0.2) is 28.1 Å². The van der Waals surface area contributed by atoms with Crippen molar-refractivity contribution < 1.29 is 9.59 Å². The fourth-order valence-corrected chi connectivity index (χ4v) is 1.77. The maximum absolute atomic E-state index is 12.2. The van der Waals surface area contributed by atoms with Crippen LogP contribution in [-0.4, -0.2) is 32.1 Å². The van der Waals surface area contributed by atoms with E-state index in [1.807, 2.05) is 0 Å². The molecule has 124 valence electrons. The topological polar surface area (TPSA) is 138 Å². The summed E-state index contributed by atoms with van der Waals surface area (Å²) in [4.78, 5) is 58.8. The number of nitrogens with one attached hydrogen (secondary N) is 1. The van der Waals surface area contributed by atoms with E-state index in [9.17, 15) is 24.0 Å². The Kier molecular flexibility index (Phi) is 6.01. The minimum Gasteiger partial charge on any atom is -0.368 e. The fourth-order valence-electron chi connectivity index (χ4n) is 1.77. The molecule has 0 unspecified atom stereocenters. The standard InChI is InChI=1S/C13H17N5O5/c1-3-5-16-11(21)17(6-4-2)13(23)18(12(16)22)8-10(20)15-7-9(14)19/h3-4H,1-2,5-8H2,(H2,14,19)(H,15,20). The van der Waals surface area contributed by atoms with Crippen LogP contribution in [0.25, 0.3) is 0 Å². The van der Waals surface area contributed by atoms with Gasteiger partial charge in [0.05, 0.1) is 19.6 Å². The first-order valence-corrected chi connectivity index (χ1v) is 6.54. The van der Waals surface area contributed by atoms with Crippen molar-refractivity contribution in [3.8, 4) is 0 Å². The number of allylic oxidation sites excluding steroid dienone is 2. The van der Waals surface area contributed by atoms with Crippen LogP contribution in [0.3, 0.4) is 0 Å². The van der Waals surface area contributed by atoms with Crippen LogP contribution >= 0.6 is 0 Å². The zero-order chi connectivity index (χ0) is 17.6. The first-order chi connectivity index (χ1) is 10.8. The van der Waals surface area contributed by atoms with Crippen LogP contribution in [-0.2, 0) is 29.2 Å². The summed E-state index contributed by atoms with van der Waals surface area (Å²) >= 11 is 0. The molecule has 0 atom stereocenters. The summed E-state index contributed by atoms with van der Waals surface area (Å²) in [5, 5.41) is 2.15. The Bertz CT molecular complexity index is 765. The Morgan fingerprint density at radius 3 is 1.78 bits per heavy atom. The van der Waals surface area contributed by atoms with Gasteiger partial charge in [0.15, 0.2) is 0 Å². The predicted octanol–water partition coefficient (Wildman–Crippen LogP) is -2.85. The summed E-state index contributed by atoms with van der Waals surface area (Å²) in [6.45, 7) is 5.52. The summed E-state index contributed by atoms with van der Waals surface area (Å²) in [6.07, 6.45) is 2.62. The van der Waals surface area contributed by atoms with Gasteiger partial charge in [-0.2, -0.15) is 0 Å².